The Morgan fingerprint density at radius 1 is 1.61 bits per heavy atom. The Bertz CT molecular complexity index is 389. The van der Waals surface area contributed by atoms with Crippen LogP contribution in [-0.4, -0.2) is 39.2 Å². The van der Waals surface area contributed by atoms with Crippen molar-refractivity contribution >= 4 is 5.91 Å². The lowest BCUT2D eigenvalue weighted by molar-refractivity contribution is -0.122. The maximum atomic E-state index is 11.7. The van der Waals surface area contributed by atoms with Crippen molar-refractivity contribution in [1.29, 1.82) is 0 Å². The van der Waals surface area contributed by atoms with Crippen molar-refractivity contribution < 1.29 is 9.90 Å². The Morgan fingerprint density at radius 2 is 2.33 bits per heavy atom. The van der Waals surface area contributed by atoms with Gasteiger partial charge < -0.3 is 16.2 Å². The molecule has 0 saturated heterocycles. The molecule has 0 radical (unpaired) electrons. The summed E-state index contributed by atoms with van der Waals surface area (Å²) in [4.78, 5) is 11.7. The third-order valence-electron chi connectivity index (χ3n) is 2.65. The highest BCUT2D eigenvalue weighted by Crippen LogP contribution is 2.17. The lowest BCUT2D eigenvalue weighted by Crippen LogP contribution is -2.36. The summed E-state index contributed by atoms with van der Waals surface area (Å²) in [6.07, 6.45) is 2.30. The fraction of sp³-hybridized carbons (Fsp3) is 0.727. The maximum absolute atomic E-state index is 11.7. The first kappa shape index (κ1) is 14.6. The number of carbonyl (C=O) groups excluding carboxylic acids is 1. The minimum atomic E-state index is -0.130. The molecule has 0 aliphatic heterocycles. The van der Waals surface area contributed by atoms with Crippen LogP contribution >= 0.6 is 0 Å². The molecule has 102 valence electrons. The molecule has 0 unspecified atom stereocenters. The Kier molecular flexibility index (Phi) is 5.24. The maximum Gasteiger partial charge on any atom is 0.241 e. The number of hydrogen-bond donors (Lipinski definition) is 3. The summed E-state index contributed by atoms with van der Waals surface area (Å²) in [7, 11) is 0. The van der Waals surface area contributed by atoms with Crippen molar-refractivity contribution in [3.8, 4) is 0 Å². The third kappa shape index (κ3) is 4.80. The topological polar surface area (TPSA) is 106 Å². The van der Waals surface area contributed by atoms with E-state index in [9.17, 15) is 4.79 Å². The second kappa shape index (κ2) is 6.46. The van der Waals surface area contributed by atoms with Gasteiger partial charge in [0, 0.05) is 19.7 Å². The molecule has 1 amide bonds. The van der Waals surface area contributed by atoms with Crippen LogP contribution in [0.15, 0.2) is 6.20 Å². The zero-order valence-electron chi connectivity index (χ0n) is 10.9. The van der Waals surface area contributed by atoms with Crippen LogP contribution in [0, 0.1) is 5.41 Å². The van der Waals surface area contributed by atoms with Crippen molar-refractivity contribution in [3.05, 3.63) is 11.9 Å². The standard InChI is InChI=1S/C11H21N5O2/c1-11(2,3-4-17)8-13-10(18)7-16-6-9(5-12)14-15-16/h6,17H,3-5,7-8,12H2,1-2H3,(H,13,18). The molecule has 1 aromatic rings. The molecular formula is C11H21N5O2. The van der Waals surface area contributed by atoms with E-state index in [0.29, 0.717) is 25.2 Å². The number of amides is 1. The highest BCUT2D eigenvalue weighted by molar-refractivity contribution is 5.75. The number of carbonyl (C=O) groups is 1. The number of hydrogen-bond acceptors (Lipinski definition) is 5. The lowest BCUT2D eigenvalue weighted by atomic mass is 9.90. The molecular weight excluding hydrogens is 234 g/mol. The van der Waals surface area contributed by atoms with E-state index in [1.54, 1.807) is 6.20 Å². The molecule has 0 bridgehead atoms. The zero-order valence-corrected chi connectivity index (χ0v) is 10.9. The van der Waals surface area contributed by atoms with Gasteiger partial charge in [-0.15, -0.1) is 5.10 Å². The number of nitrogens with one attached hydrogen (secondary N) is 1. The van der Waals surface area contributed by atoms with Crippen LogP contribution in [0.1, 0.15) is 26.0 Å². The Labute approximate surface area is 106 Å². The van der Waals surface area contributed by atoms with Crippen molar-refractivity contribution in [1.82, 2.24) is 20.3 Å². The van der Waals surface area contributed by atoms with Gasteiger partial charge in [0.2, 0.25) is 5.91 Å². The average Bonchev–Trinajstić information content (AvgIpc) is 2.74. The van der Waals surface area contributed by atoms with Crippen LogP contribution in [0.5, 0.6) is 0 Å². The van der Waals surface area contributed by atoms with Gasteiger partial charge in [-0.1, -0.05) is 19.1 Å². The molecule has 18 heavy (non-hydrogen) atoms. The molecule has 7 nitrogen and oxygen atoms in total. The van der Waals surface area contributed by atoms with Gasteiger partial charge in [-0.05, 0) is 11.8 Å². The third-order valence-corrected chi connectivity index (χ3v) is 2.65. The molecule has 7 heteroatoms. The van der Waals surface area contributed by atoms with Crippen LogP contribution < -0.4 is 11.1 Å². The van der Waals surface area contributed by atoms with Crippen LogP contribution in [-0.2, 0) is 17.9 Å². The lowest BCUT2D eigenvalue weighted by Gasteiger charge is -2.23. The quantitative estimate of drug-likeness (QED) is 0.595. The van der Waals surface area contributed by atoms with Crippen LogP contribution in [0.2, 0.25) is 0 Å². The first-order valence-corrected chi connectivity index (χ1v) is 5.93. The summed E-state index contributed by atoms with van der Waals surface area (Å²) in [5, 5.41) is 19.3. The van der Waals surface area contributed by atoms with Crippen molar-refractivity contribution in [2.24, 2.45) is 11.1 Å². The van der Waals surface area contributed by atoms with E-state index in [4.69, 9.17) is 10.8 Å². The van der Waals surface area contributed by atoms with Crippen LogP contribution in [0.3, 0.4) is 0 Å². The van der Waals surface area contributed by atoms with Gasteiger partial charge in [-0.25, -0.2) is 4.68 Å². The molecule has 0 aliphatic carbocycles. The number of aliphatic hydroxyl groups excluding tert-OH is 1. The smallest absolute Gasteiger partial charge is 0.241 e. The van der Waals surface area contributed by atoms with E-state index in [1.165, 1.54) is 4.68 Å². The van der Waals surface area contributed by atoms with Gasteiger partial charge in [0.15, 0.2) is 0 Å². The van der Waals surface area contributed by atoms with Gasteiger partial charge in [0.05, 0.1) is 11.9 Å². The predicted molar refractivity (Wildman–Crippen MR) is 66.4 cm³/mol. The number of nitrogens with zero attached hydrogens (tertiary/aromatic N) is 3. The average molecular weight is 255 g/mol. The van der Waals surface area contributed by atoms with Crippen molar-refractivity contribution in [3.63, 3.8) is 0 Å². The second-order valence-electron chi connectivity index (χ2n) is 5.03. The Hall–Kier alpha value is -1.47. The van der Waals surface area contributed by atoms with E-state index in [2.05, 4.69) is 15.6 Å². The van der Waals surface area contributed by atoms with Gasteiger partial charge in [-0.3, -0.25) is 4.79 Å². The SMILES string of the molecule is CC(C)(CCO)CNC(=O)Cn1cc(CN)nn1. The van der Waals surface area contributed by atoms with E-state index in [1.807, 2.05) is 13.8 Å². The Balaban J connectivity index is 2.37. The first-order chi connectivity index (χ1) is 8.46. The fourth-order valence-electron chi connectivity index (χ4n) is 1.44. The van der Waals surface area contributed by atoms with Crippen molar-refractivity contribution in [2.75, 3.05) is 13.2 Å². The van der Waals surface area contributed by atoms with Crippen LogP contribution in [0.25, 0.3) is 0 Å². The molecule has 0 spiro atoms. The molecule has 0 aromatic carbocycles. The summed E-state index contributed by atoms with van der Waals surface area (Å²) in [5.74, 6) is -0.130. The number of rotatable bonds is 7. The van der Waals surface area contributed by atoms with E-state index >= 15 is 0 Å². The van der Waals surface area contributed by atoms with Crippen molar-refractivity contribution in [2.45, 2.75) is 33.4 Å². The molecule has 0 atom stereocenters. The van der Waals surface area contributed by atoms with E-state index in [-0.39, 0.29) is 24.5 Å². The summed E-state index contributed by atoms with van der Waals surface area (Å²) >= 11 is 0. The highest BCUT2D eigenvalue weighted by atomic mass is 16.3. The molecule has 0 aliphatic rings. The Morgan fingerprint density at radius 3 is 2.89 bits per heavy atom. The summed E-state index contributed by atoms with van der Waals surface area (Å²) < 4.78 is 1.45. The highest BCUT2D eigenvalue weighted by Gasteiger charge is 2.18. The number of aromatic nitrogens is 3. The molecule has 0 saturated carbocycles. The minimum absolute atomic E-state index is 0.116. The van der Waals surface area contributed by atoms with E-state index in [0.717, 1.165) is 0 Å². The summed E-state index contributed by atoms with van der Waals surface area (Å²) in [5.41, 5.74) is 5.94. The minimum Gasteiger partial charge on any atom is -0.396 e. The largest absolute Gasteiger partial charge is 0.396 e. The summed E-state index contributed by atoms with van der Waals surface area (Å²) in [6, 6.07) is 0. The number of nitrogens with two attached hydrogens (primary N) is 1. The second-order valence-corrected chi connectivity index (χ2v) is 5.03. The molecule has 0 fully saturated rings. The van der Waals surface area contributed by atoms with Crippen LogP contribution in [0.4, 0.5) is 0 Å². The van der Waals surface area contributed by atoms with Gasteiger partial charge in [0.1, 0.15) is 6.54 Å². The normalized spacial score (nSPS) is 11.6. The van der Waals surface area contributed by atoms with Gasteiger partial charge in [-0.2, -0.15) is 0 Å². The summed E-state index contributed by atoms with van der Waals surface area (Å²) in [6.45, 7) is 5.06. The van der Waals surface area contributed by atoms with Gasteiger partial charge >= 0.3 is 0 Å². The number of aliphatic hydroxyl groups is 1. The first-order valence-electron chi connectivity index (χ1n) is 5.93. The predicted octanol–water partition coefficient (Wildman–Crippen LogP) is -0.738. The zero-order chi connectivity index (χ0) is 13.6. The monoisotopic (exact) mass is 255 g/mol. The molecule has 4 N–H and O–H groups in total. The molecule has 1 heterocycles. The van der Waals surface area contributed by atoms with Gasteiger partial charge in [0.25, 0.3) is 0 Å². The molecule has 1 aromatic heterocycles. The molecule has 1 rings (SSSR count). The van der Waals surface area contributed by atoms with E-state index < -0.39 is 0 Å². The fourth-order valence-corrected chi connectivity index (χ4v) is 1.44.